The van der Waals surface area contributed by atoms with Crippen molar-refractivity contribution >= 4 is 26.1 Å². The maximum Gasteiger partial charge on any atom is 0.278 e. The minimum Gasteiger partial charge on any atom is -0.201 e. The molecule has 0 aliphatic carbocycles. The molecule has 1 atom stereocenters. The molecule has 0 bridgehead atoms. The van der Waals surface area contributed by atoms with Crippen LogP contribution >= 0.6 is 15.9 Å². The molecule has 0 aliphatic heterocycles. The molecule has 0 saturated carbocycles. The third-order valence-corrected chi connectivity index (χ3v) is 5.07. The summed E-state index contributed by atoms with van der Waals surface area (Å²) in [5.74, 6) is 0.509. The number of rotatable bonds is 7. The van der Waals surface area contributed by atoms with Gasteiger partial charge in [0, 0.05) is 25.5 Å². The molecule has 0 aromatic carbocycles. The molecule has 0 aromatic heterocycles. The van der Waals surface area contributed by atoms with Crippen LogP contribution < -0.4 is 4.72 Å². The summed E-state index contributed by atoms with van der Waals surface area (Å²) < 4.78 is 26.6. The van der Waals surface area contributed by atoms with E-state index in [1.54, 1.807) is 0 Å². The first-order valence-electron chi connectivity index (χ1n) is 5.16. The lowest BCUT2D eigenvalue weighted by molar-refractivity contribution is 0.460. The number of hydrogen-bond donors (Lipinski definition) is 1. The van der Waals surface area contributed by atoms with Crippen LogP contribution in [0.25, 0.3) is 0 Å². The fourth-order valence-electron chi connectivity index (χ4n) is 1.28. The van der Waals surface area contributed by atoms with Crippen molar-refractivity contribution in [3.63, 3.8) is 0 Å². The molecule has 0 amide bonds. The SMILES string of the molecule is CCC(CC)C(Br)CNS(=O)(=O)N(C)C. The first-order chi connectivity index (χ1) is 6.85. The predicted octanol–water partition coefficient (Wildman–Crippen LogP) is 1.58. The summed E-state index contributed by atoms with van der Waals surface area (Å²) in [6, 6.07) is 0. The van der Waals surface area contributed by atoms with E-state index >= 15 is 0 Å². The summed E-state index contributed by atoms with van der Waals surface area (Å²) in [4.78, 5) is 0.197. The largest absolute Gasteiger partial charge is 0.278 e. The van der Waals surface area contributed by atoms with Gasteiger partial charge in [0.2, 0.25) is 0 Å². The standard InChI is InChI=1S/C9H21BrN2O2S/c1-5-8(6-2)9(10)7-11-15(13,14)12(3)4/h8-9,11H,5-7H2,1-4H3. The molecular weight excluding hydrogens is 280 g/mol. The molecule has 0 rings (SSSR count). The van der Waals surface area contributed by atoms with E-state index in [9.17, 15) is 8.42 Å². The molecule has 0 aromatic rings. The molecule has 6 heteroatoms. The second kappa shape index (κ2) is 6.83. The van der Waals surface area contributed by atoms with Crippen LogP contribution in [0.3, 0.4) is 0 Å². The lowest BCUT2D eigenvalue weighted by Gasteiger charge is -2.21. The molecule has 0 radical (unpaired) electrons. The maximum absolute atomic E-state index is 11.4. The Morgan fingerprint density at radius 1 is 1.27 bits per heavy atom. The van der Waals surface area contributed by atoms with Gasteiger partial charge in [0.05, 0.1) is 0 Å². The van der Waals surface area contributed by atoms with Gasteiger partial charge in [0.1, 0.15) is 0 Å². The lowest BCUT2D eigenvalue weighted by Crippen LogP contribution is -2.40. The zero-order valence-corrected chi connectivity index (χ0v) is 12.2. The topological polar surface area (TPSA) is 49.4 Å². The summed E-state index contributed by atoms with van der Waals surface area (Å²) in [7, 11) is -0.257. The molecule has 0 spiro atoms. The van der Waals surface area contributed by atoms with Crippen molar-refractivity contribution in [1.82, 2.24) is 9.03 Å². The van der Waals surface area contributed by atoms with Crippen molar-refractivity contribution in [3.05, 3.63) is 0 Å². The minimum absolute atomic E-state index is 0.197. The van der Waals surface area contributed by atoms with Gasteiger partial charge < -0.3 is 0 Å². The van der Waals surface area contributed by atoms with Crippen LogP contribution in [0.2, 0.25) is 0 Å². The lowest BCUT2D eigenvalue weighted by atomic mass is 10.00. The number of hydrogen-bond acceptors (Lipinski definition) is 2. The van der Waals surface area contributed by atoms with E-state index in [-0.39, 0.29) is 4.83 Å². The van der Waals surface area contributed by atoms with Crippen LogP contribution in [0.15, 0.2) is 0 Å². The van der Waals surface area contributed by atoms with Crippen molar-refractivity contribution in [1.29, 1.82) is 0 Å². The fourth-order valence-corrected chi connectivity index (χ4v) is 3.05. The highest BCUT2D eigenvalue weighted by molar-refractivity contribution is 9.09. The van der Waals surface area contributed by atoms with Crippen molar-refractivity contribution in [2.24, 2.45) is 5.92 Å². The average molecular weight is 301 g/mol. The number of nitrogens with one attached hydrogen (secondary N) is 1. The average Bonchev–Trinajstić information content (AvgIpc) is 2.16. The third-order valence-electron chi connectivity index (χ3n) is 2.50. The molecule has 0 saturated heterocycles. The second-order valence-electron chi connectivity index (χ2n) is 3.73. The van der Waals surface area contributed by atoms with Gasteiger partial charge in [0.25, 0.3) is 10.2 Å². The molecule has 1 N–H and O–H groups in total. The Bertz CT molecular complexity index is 263. The highest BCUT2D eigenvalue weighted by Crippen LogP contribution is 2.19. The van der Waals surface area contributed by atoms with E-state index in [0.29, 0.717) is 12.5 Å². The fraction of sp³-hybridized carbons (Fsp3) is 1.00. The smallest absolute Gasteiger partial charge is 0.201 e. The Labute approximate surface area is 102 Å². The van der Waals surface area contributed by atoms with Crippen LogP contribution in [0.4, 0.5) is 0 Å². The molecule has 0 fully saturated rings. The van der Waals surface area contributed by atoms with E-state index < -0.39 is 10.2 Å². The second-order valence-corrected chi connectivity index (χ2v) is 6.87. The van der Waals surface area contributed by atoms with Gasteiger partial charge in [-0.1, -0.05) is 42.6 Å². The van der Waals surface area contributed by atoms with Crippen LogP contribution in [0, 0.1) is 5.92 Å². The normalized spacial score (nSPS) is 14.9. The van der Waals surface area contributed by atoms with E-state index in [1.807, 2.05) is 0 Å². The van der Waals surface area contributed by atoms with E-state index in [4.69, 9.17) is 0 Å². The van der Waals surface area contributed by atoms with Crippen molar-refractivity contribution in [2.45, 2.75) is 31.5 Å². The van der Waals surface area contributed by atoms with E-state index in [0.717, 1.165) is 12.8 Å². The first-order valence-corrected chi connectivity index (χ1v) is 7.51. The molecule has 0 aliphatic rings. The van der Waals surface area contributed by atoms with Gasteiger partial charge in [-0.05, 0) is 5.92 Å². The highest BCUT2D eigenvalue weighted by Gasteiger charge is 2.19. The highest BCUT2D eigenvalue weighted by atomic mass is 79.9. The van der Waals surface area contributed by atoms with Crippen LogP contribution in [-0.4, -0.2) is 38.2 Å². The Morgan fingerprint density at radius 3 is 2.07 bits per heavy atom. The predicted molar refractivity (Wildman–Crippen MR) is 67.4 cm³/mol. The summed E-state index contributed by atoms with van der Waals surface area (Å²) >= 11 is 3.52. The molecule has 0 heterocycles. The zero-order valence-electron chi connectivity index (χ0n) is 9.83. The van der Waals surface area contributed by atoms with Crippen molar-refractivity contribution in [2.75, 3.05) is 20.6 Å². The Morgan fingerprint density at radius 2 is 1.73 bits per heavy atom. The summed E-state index contributed by atoms with van der Waals surface area (Å²) in [5.41, 5.74) is 0. The third kappa shape index (κ3) is 5.29. The Hall–Kier alpha value is 0.350. The van der Waals surface area contributed by atoms with Crippen molar-refractivity contribution < 1.29 is 8.42 Å². The monoisotopic (exact) mass is 300 g/mol. The summed E-state index contributed by atoms with van der Waals surface area (Å²) in [6.07, 6.45) is 2.10. The summed E-state index contributed by atoms with van der Waals surface area (Å²) in [5, 5.41) is 0. The molecule has 15 heavy (non-hydrogen) atoms. The number of alkyl halides is 1. The van der Waals surface area contributed by atoms with E-state index in [2.05, 4.69) is 34.5 Å². The van der Waals surface area contributed by atoms with E-state index in [1.165, 1.54) is 18.4 Å². The summed E-state index contributed by atoms with van der Waals surface area (Å²) in [6.45, 7) is 4.67. The Kier molecular flexibility index (Phi) is 6.99. The Balaban J connectivity index is 4.16. The number of nitrogens with zero attached hydrogens (tertiary/aromatic N) is 1. The van der Waals surface area contributed by atoms with Gasteiger partial charge in [-0.15, -0.1) is 0 Å². The minimum atomic E-state index is -3.29. The molecule has 92 valence electrons. The van der Waals surface area contributed by atoms with Crippen molar-refractivity contribution in [3.8, 4) is 0 Å². The van der Waals surface area contributed by atoms with Gasteiger partial charge in [-0.2, -0.15) is 12.7 Å². The quantitative estimate of drug-likeness (QED) is 0.726. The van der Waals surface area contributed by atoms with Gasteiger partial charge >= 0.3 is 0 Å². The number of halogens is 1. The first kappa shape index (κ1) is 15.3. The molecular formula is C9H21BrN2O2S. The molecule has 1 unspecified atom stereocenters. The zero-order chi connectivity index (χ0) is 12.1. The van der Waals surface area contributed by atoms with Crippen LogP contribution in [0.1, 0.15) is 26.7 Å². The van der Waals surface area contributed by atoms with Crippen LogP contribution in [0.5, 0.6) is 0 Å². The van der Waals surface area contributed by atoms with Crippen LogP contribution in [-0.2, 0) is 10.2 Å². The van der Waals surface area contributed by atoms with Gasteiger partial charge in [-0.25, -0.2) is 4.72 Å². The van der Waals surface area contributed by atoms with Gasteiger partial charge in [-0.3, -0.25) is 0 Å². The molecule has 4 nitrogen and oxygen atoms in total. The van der Waals surface area contributed by atoms with Gasteiger partial charge in [0.15, 0.2) is 0 Å². The maximum atomic E-state index is 11.4.